The molecule has 0 aromatic carbocycles. The van der Waals surface area contributed by atoms with E-state index in [0.717, 1.165) is 5.56 Å². The number of ether oxygens (including phenoxy) is 1. The molecule has 0 radical (unpaired) electrons. The number of nitrogens with zero attached hydrogens (tertiary/aromatic N) is 4. The van der Waals surface area contributed by atoms with Gasteiger partial charge in [-0.15, -0.1) is 6.42 Å². The van der Waals surface area contributed by atoms with Crippen LogP contribution in [0.5, 0.6) is 5.75 Å². The fourth-order valence-electron chi connectivity index (χ4n) is 2.80. The fraction of sp³-hybridized carbons (Fsp3) is 0.238. The van der Waals surface area contributed by atoms with E-state index in [2.05, 4.69) is 26.8 Å². The Balaban J connectivity index is 1.83. The largest absolute Gasteiger partial charge is 0.489 e. The normalized spacial score (nSPS) is 11.4. The predicted molar refractivity (Wildman–Crippen MR) is 112 cm³/mol. The standard InChI is InChI=1S/C21H20N6O4/c1-2-20(30)24-6-5-23-19-4-3-14(9-25-19)18-7-17(31-13-16(29)12-28)11-27-21(18)15(8-22)10-26-27/h1,3-4,7,9-11,16,28-29H,5-6,12-13H2,(H,23,25)(H,24,30)/t16-/m1/s1. The molecule has 0 aliphatic heterocycles. The lowest BCUT2D eigenvalue weighted by Gasteiger charge is -2.13. The van der Waals surface area contributed by atoms with Crippen LogP contribution in [-0.4, -0.2) is 63.1 Å². The van der Waals surface area contributed by atoms with Crippen molar-refractivity contribution in [3.05, 3.63) is 42.4 Å². The van der Waals surface area contributed by atoms with Crippen LogP contribution >= 0.6 is 0 Å². The third-order valence-corrected chi connectivity index (χ3v) is 4.28. The number of aliphatic hydroxyl groups excluding tert-OH is 2. The zero-order chi connectivity index (χ0) is 22.2. The average molecular weight is 420 g/mol. The first-order valence-electron chi connectivity index (χ1n) is 9.33. The molecule has 0 spiro atoms. The lowest BCUT2D eigenvalue weighted by atomic mass is 10.1. The van der Waals surface area contributed by atoms with Crippen LogP contribution in [0.15, 0.2) is 36.8 Å². The van der Waals surface area contributed by atoms with Crippen molar-refractivity contribution in [3.8, 4) is 35.3 Å². The third-order valence-electron chi connectivity index (χ3n) is 4.28. The maximum absolute atomic E-state index is 11.0. The van der Waals surface area contributed by atoms with Gasteiger partial charge in [-0.3, -0.25) is 4.79 Å². The summed E-state index contributed by atoms with van der Waals surface area (Å²) in [5.41, 5.74) is 2.38. The monoisotopic (exact) mass is 420 g/mol. The fourth-order valence-corrected chi connectivity index (χ4v) is 2.80. The summed E-state index contributed by atoms with van der Waals surface area (Å²) in [5.74, 6) is 2.51. The number of amides is 1. The smallest absolute Gasteiger partial charge is 0.295 e. The Bertz CT molecular complexity index is 1140. The number of carbonyl (C=O) groups excluding carboxylic acids is 1. The third kappa shape index (κ3) is 5.28. The maximum Gasteiger partial charge on any atom is 0.295 e. The van der Waals surface area contributed by atoms with Crippen LogP contribution in [0.2, 0.25) is 0 Å². The molecule has 10 heteroatoms. The van der Waals surface area contributed by atoms with E-state index in [-0.39, 0.29) is 6.61 Å². The Morgan fingerprint density at radius 3 is 2.87 bits per heavy atom. The zero-order valence-electron chi connectivity index (χ0n) is 16.4. The van der Waals surface area contributed by atoms with E-state index in [0.29, 0.717) is 41.3 Å². The van der Waals surface area contributed by atoms with E-state index < -0.39 is 18.6 Å². The van der Waals surface area contributed by atoms with Crippen molar-refractivity contribution in [3.63, 3.8) is 0 Å². The van der Waals surface area contributed by atoms with E-state index >= 15 is 0 Å². The number of anilines is 1. The van der Waals surface area contributed by atoms with Crippen molar-refractivity contribution in [1.29, 1.82) is 5.26 Å². The highest BCUT2D eigenvalue weighted by molar-refractivity contribution is 5.92. The maximum atomic E-state index is 11.0. The predicted octanol–water partition coefficient (Wildman–Crippen LogP) is 0.161. The van der Waals surface area contributed by atoms with Crippen molar-refractivity contribution in [2.45, 2.75) is 6.10 Å². The lowest BCUT2D eigenvalue weighted by molar-refractivity contribution is -0.115. The van der Waals surface area contributed by atoms with Gasteiger partial charge in [-0.1, -0.05) is 0 Å². The number of carbonyl (C=O) groups is 1. The van der Waals surface area contributed by atoms with E-state index in [1.54, 1.807) is 24.5 Å². The van der Waals surface area contributed by atoms with Gasteiger partial charge in [0.15, 0.2) is 0 Å². The summed E-state index contributed by atoms with van der Waals surface area (Å²) in [6.07, 6.45) is 8.67. The molecule has 0 aliphatic rings. The van der Waals surface area contributed by atoms with Crippen LogP contribution in [0.1, 0.15) is 5.56 Å². The summed E-state index contributed by atoms with van der Waals surface area (Å²) < 4.78 is 7.08. The molecule has 0 saturated carbocycles. The molecule has 3 aromatic heterocycles. The summed E-state index contributed by atoms with van der Waals surface area (Å²) in [5, 5.41) is 37.7. The molecule has 4 N–H and O–H groups in total. The molecular formula is C21H20N6O4. The quantitative estimate of drug-likeness (QED) is 0.283. The number of fused-ring (bicyclic) bond motifs is 1. The number of terminal acetylenes is 1. The summed E-state index contributed by atoms with van der Waals surface area (Å²) in [4.78, 5) is 15.4. The number of nitrogens with one attached hydrogen (secondary N) is 2. The number of hydrogen-bond acceptors (Lipinski definition) is 8. The molecule has 3 heterocycles. The molecule has 0 unspecified atom stereocenters. The number of nitriles is 1. The van der Waals surface area contributed by atoms with Crippen LogP contribution < -0.4 is 15.4 Å². The first-order valence-corrected chi connectivity index (χ1v) is 9.33. The highest BCUT2D eigenvalue weighted by Gasteiger charge is 2.14. The molecular weight excluding hydrogens is 400 g/mol. The first-order chi connectivity index (χ1) is 15.0. The van der Waals surface area contributed by atoms with Crippen LogP contribution in [-0.2, 0) is 4.79 Å². The lowest BCUT2D eigenvalue weighted by Crippen LogP contribution is -2.27. The van der Waals surface area contributed by atoms with Crippen molar-refractivity contribution in [2.75, 3.05) is 31.6 Å². The molecule has 1 atom stereocenters. The van der Waals surface area contributed by atoms with Gasteiger partial charge < -0.3 is 25.6 Å². The van der Waals surface area contributed by atoms with Gasteiger partial charge in [-0.05, 0) is 24.1 Å². The minimum Gasteiger partial charge on any atom is -0.489 e. The van der Waals surface area contributed by atoms with Crippen molar-refractivity contribution >= 4 is 17.2 Å². The summed E-state index contributed by atoms with van der Waals surface area (Å²) in [6, 6.07) is 7.43. The molecule has 0 aliphatic carbocycles. The highest BCUT2D eigenvalue weighted by Crippen LogP contribution is 2.31. The van der Waals surface area contributed by atoms with Gasteiger partial charge >= 0.3 is 0 Å². The second kappa shape index (κ2) is 10.1. The van der Waals surface area contributed by atoms with Crippen molar-refractivity contribution in [2.24, 2.45) is 0 Å². The molecule has 31 heavy (non-hydrogen) atoms. The van der Waals surface area contributed by atoms with Gasteiger partial charge in [0.05, 0.1) is 30.1 Å². The van der Waals surface area contributed by atoms with Gasteiger partial charge in [0, 0.05) is 30.4 Å². The SMILES string of the molecule is C#CC(=O)NCCNc1ccc(-c2cc(OC[C@H](O)CO)cn3ncc(C#N)c23)cn1. The number of pyridine rings is 2. The van der Waals surface area contributed by atoms with Crippen LogP contribution in [0.3, 0.4) is 0 Å². The number of aliphatic hydroxyl groups is 2. The molecule has 158 valence electrons. The Labute approximate surface area is 178 Å². The van der Waals surface area contributed by atoms with E-state index in [1.165, 1.54) is 10.7 Å². The van der Waals surface area contributed by atoms with E-state index in [1.807, 2.05) is 12.0 Å². The summed E-state index contributed by atoms with van der Waals surface area (Å²) in [6.45, 7) is 0.292. The van der Waals surface area contributed by atoms with E-state index in [4.69, 9.17) is 16.3 Å². The molecule has 0 bridgehead atoms. The molecule has 3 aromatic rings. The van der Waals surface area contributed by atoms with E-state index in [9.17, 15) is 15.2 Å². The highest BCUT2D eigenvalue weighted by atomic mass is 16.5. The molecule has 10 nitrogen and oxygen atoms in total. The summed E-state index contributed by atoms with van der Waals surface area (Å²) >= 11 is 0. The molecule has 0 fully saturated rings. The Morgan fingerprint density at radius 2 is 2.19 bits per heavy atom. The van der Waals surface area contributed by atoms with Gasteiger partial charge in [0.25, 0.3) is 5.91 Å². The Morgan fingerprint density at radius 1 is 1.35 bits per heavy atom. The molecule has 3 rings (SSSR count). The minimum absolute atomic E-state index is 0.0921. The first kappa shape index (κ1) is 21.6. The second-order valence-electron chi connectivity index (χ2n) is 6.46. The number of hydrogen-bond donors (Lipinski definition) is 4. The Hall–Kier alpha value is -4.12. The topological polar surface area (TPSA) is 145 Å². The van der Waals surface area contributed by atoms with Crippen LogP contribution in [0, 0.1) is 23.7 Å². The van der Waals surface area contributed by atoms with Gasteiger partial charge in [-0.25, -0.2) is 9.50 Å². The number of aromatic nitrogens is 3. The van der Waals surface area contributed by atoms with Gasteiger partial charge in [0.2, 0.25) is 0 Å². The second-order valence-corrected chi connectivity index (χ2v) is 6.46. The number of rotatable bonds is 9. The minimum atomic E-state index is -1.01. The van der Waals surface area contributed by atoms with Crippen molar-refractivity contribution in [1.82, 2.24) is 19.9 Å². The van der Waals surface area contributed by atoms with Crippen LogP contribution in [0.25, 0.3) is 16.6 Å². The molecule has 1 amide bonds. The average Bonchev–Trinajstić information content (AvgIpc) is 3.23. The summed E-state index contributed by atoms with van der Waals surface area (Å²) in [7, 11) is 0. The van der Waals surface area contributed by atoms with Crippen molar-refractivity contribution < 1.29 is 19.7 Å². The Kier molecular flexibility index (Phi) is 7.01. The zero-order valence-corrected chi connectivity index (χ0v) is 16.4. The van der Waals surface area contributed by atoms with Crippen LogP contribution in [0.4, 0.5) is 5.82 Å². The van der Waals surface area contributed by atoms with Gasteiger partial charge in [-0.2, -0.15) is 10.4 Å². The van der Waals surface area contributed by atoms with Gasteiger partial charge in [0.1, 0.15) is 30.3 Å². The molecule has 0 saturated heterocycles.